The van der Waals surface area contributed by atoms with Gasteiger partial charge in [0.05, 0.1) is 107 Å². The molecule has 2 aliphatic heterocycles. The number of hydrogen-bond donors (Lipinski definition) is 2. The Kier molecular flexibility index (Phi) is 19.2. The van der Waals surface area contributed by atoms with Gasteiger partial charge in [-0.2, -0.15) is 10.5 Å². The number of aromatic nitrogens is 2. The van der Waals surface area contributed by atoms with E-state index in [9.17, 15) is 10.5 Å². The number of benzene rings is 4. The lowest BCUT2D eigenvalue weighted by Gasteiger charge is -2.32. The Balaban J connectivity index is 0.000000211. The van der Waals surface area contributed by atoms with Crippen molar-refractivity contribution >= 4 is 91.0 Å². The fourth-order valence-corrected chi connectivity index (χ4v) is 9.31. The molecule has 8 rings (SSSR count). The normalized spacial score (nSPS) is 14.4. The first-order valence-electron chi connectivity index (χ1n) is 23.4. The van der Waals surface area contributed by atoms with Gasteiger partial charge in [0.25, 0.3) is 0 Å². The molecule has 6 aromatic rings. The van der Waals surface area contributed by atoms with Crippen LogP contribution in [0.5, 0.6) is 34.5 Å². The van der Waals surface area contributed by atoms with Gasteiger partial charge in [-0.05, 0) is 51.2 Å². The standard InChI is InChI=1S/2C26H29Cl2N5O3/c2*1-32-6-8-33(9-7-32)5-4-10-36-25-13-21-18(11-24(25)35-3)26(17(15-29)16-30-21)31-22-14-23(34-2)20(28)12-19(22)27/h2*11-14,16H,4-10H2,1-3H3,(H,30,31). The molecular formula is C52H58Cl4N10O6. The number of methoxy groups -OCH3 is 4. The van der Waals surface area contributed by atoms with Crippen molar-refractivity contribution in [1.29, 1.82) is 10.5 Å². The molecule has 2 aliphatic rings. The summed E-state index contributed by atoms with van der Waals surface area (Å²) in [6.07, 6.45) is 4.87. The van der Waals surface area contributed by atoms with E-state index in [1.54, 1.807) is 38.5 Å². The number of piperazine rings is 2. The number of nitrogens with one attached hydrogen (secondary N) is 2. The van der Waals surface area contributed by atoms with Gasteiger partial charge in [0.15, 0.2) is 23.0 Å². The number of ether oxygens (including phenoxy) is 6. The third kappa shape index (κ3) is 13.4. The van der Waals surface area contributed by atoms with Crippen molar-refractivity contribution in [2.24, 2.45) is 0 Å². The highest BCUT2D eigenvalue weighted by Gasteiger charge is 2.20. The first kappa shape index (κ1) is 53.9. The smallest absolute Gasteiger partial charge is 0.163 e. The van der Waals surface area contributed by atoms with Gasteiger partial charge in [-0.3, -0.25) is 9.97 Å². The van der Waals surface area contributed by atoms with Crippen LogP contribution in [0.2, 0.25) is 20.1 Å². The zero-order chi connectivity index (χ0) is 51.3. The second-order valence-corrected chi connectivity index (χ2v) is 18.9. The number of fused-ring (bicyclic) bond motifs is 2. The average molecular weight is 1060 g/mol. The number of hydrogen-bond acceptors (Lipinski definition) is 16. The highest BCUT2D eigenvalue weighted by molar-refractivity contribution is 6.38. The average Bonchev–Trinajstić information content (AvgIpc) is 3.38. The van der Waals surface area contributed by atoms with E-state index in [1.807, 2.05) is 24.3 Å². The quantitative estimate of drug-likeness (QED) is 0.0780. The second-order valence-electron chi connectivity index (χ2n) is 17.2. The monoisotopic (exact) mass is 1060 g/mol. The molecule has 0 spiro atoms. The highest BCUT2D eigenvalue weighted by Crippen LogP contribution is 2.42. The van der Waals surface area contributed by atoms with Gasteiger partial charge in [-0.25, -0.2) is 0 Å². The molecule has 0 aliphatic carbocycles. The summed E-state index contributed by atoms with van der Waals surface area (Å²) in [5, 5.41) is 29.0. The van der Waals surface area contributed by atoms with Crippen LogP contribution in [0.15, 0.2) is 60.9 Å². The molecule has 72 heavy (non-hydrogen) atoms. The van der Waals surface area contributed by atoms with E-state index in [1.165, 1.54) is 26.6 Å². The van der Waals surface area contributed by atoms with Gasteiger partial charge in [0.1, 0.15) is 23.6 Å². The topological polar surface area (TPSA) is 166 Å². The number of likely N-dealkylation sites (N-methyl/N-ethyl adjacent to an activating group) is 2. The number of halogens is 4. The fraction of sp³-hybridized carbons (Fsp3) is 0.385. The summed E-state index contributed by atoms with van der Waals surface area (Å²) in [7, 11) is 10.5. The van der Waals surface area contributed by atoms with Gasteiger partial charge in [-0.15, -0.1) is 0 Å². The Bertz CT molecular complexity index is 2740. The van der Waals surface area contributed by atoms with Crippen molar-refractivity contribution in [3.05, 3.63) is 92.1 Å². The van der Waals surface area contributed by atoms with E-state index < -0.39 is 0 Å². The number of nitrogens with zero attached hydrogens (tertiary/aromatic N) is 8. The van der Waals surface area contributed by atoms with Crippen LogP contribution in [0, 0.1) is 22.7 Å². The summed E-state index contributed by atoms with van der Waals surface area (Å²) in [4.78, 5) is 18.6. The third-order valence-corrected chi connectivity index (χ3v) is 13.7. The molecule has 0 bridgehead atoms. The van der Waals surface area contributed by atoms with Gasteiger partial charge in [-0.1, -0.05) is 46.4 Å². The second kappa shape index (κ2) is 25.6. The molecule has 16 nitrogen and oxygen atoms in total. The van der Waals surface area contributed by atoms with Crippen LogP contribution in [-0.4, -0.2) is 151 Å². The van der Waals surface area contributed by atoms with Crippen LogP contribution >= 0.6 is 46.4 Å². The molecule has 0 amide bonds. The van der Waals surface area contributed by atoms with E-state index in [4.69, 9.17) is 74.8 Å². The molecule has 20 heteroatoms. The largest absolute Gasteiger partial charge is 0.495 e. The van der Waals surface area contributed by atoms with Crippen LogP contribution in [-0.2, 0) is 0 Å². The van der Waals surface area contributed by atoms with E-state index in [2.05, 4.69) is 66.4 Å². The van der Waals surface area contributed by atoms with Gasteiger partial charge in [0, 0.05) is 113 Å². The van der Waals surface area contributed by atoms with Crippen LogP contribution in [0.25, 0.3) is 21.8 Å². The van der Waals surface area contributed by atoms with E-state index in [0.717, 1.165) is 78.3 Å². The Hall–Kier alpha value is -5.92. The van der Waals surface area contributed by atoms with Crippen molar-refractivity contribution < 1.29 is 28.4 Å². The maximum atomic E-state index is 9.75. The van der Waals surface area contributed by atoms with Crippen LogP contribution in [0.3, 0.4) is 0 Å². The molecule has 4 heterocycles. The molecule has 0 atom stereocenters. The molecule has 2 fully saturated rings. The number of rotatable bonds is 18. The van der Waals surface area contributed by atoms with E-state index >= 15 is 0 Å². The lowest BCUT2D eigenvalue weighted by molar-refractivity contribution is 0.145. The summed E-state index contributed by atoms with van der Waals surface area (Å²) in [6.45, 7) is 11.8. The SMILES string of the molecule is COc1cc(Nc2c(C#N)cnc3cc(OCCCN4CCN(C)CC4)c(OC)cc23)c(Cl)cc1Cl.COc1cc(Nc2c(C#N)cnc3cc(OCCCN4CCN(C)CC4)c(OC)cc23)c(Cl)cc1Cl. The van der Waals surface area contributed by atoms with Gasteiger partial charge >= 0.3 is 0 Å². The molecule has 0 radical (unpaired) electrons. The summed E-state index contributed by atoms with van der Waals surface area (Å²) in [5.74, 6) is 3.26. The van der Waals surface area contributed by atoms with Crippen LogP contribution < -0.4 is 39.1 Å². The zero-order valence-electron chi connectivity index (χ0n) is 41.2. The van der Waals surface area contributed by atoms with Crippen LogP contribution in [0.1, 0.15) is 24.0 Å². The minimum Gasteiger partial charge on any atom is -0.495 e. The molecule has 380 valence electrons. The lowest BCUT2D eigenvalue weighted by atomic mass is 10.1. The molecule has 0 saturated carbocycles. The van der Waals surface area contributed by atoms with Crippen molar-refractivity contribution in [3.63, 3.8) is 0 Å². The summed E-state index contributed by atoms with van der Waals surface area (Å²) < 4.78 is 34.0. The Labute approximate surface area is 440 Å². The summed E-state index contributed by atoms with van der Waals surface area (Å²) in [6, 6.07) is 18.2. The van der Waals surface area contributed by atoms with E-state index in [-0.39, 0.29) is 0 Å². The first-order valence-corrected chi connectivity index (χ1v) is 24.9. The molecule has 4 aromatic carbocycles. The lowest BCUT2D eigenvalue weighted by Crippen LogP contribution is -2.44. The Morgan fingerprint density at radius 1 is 0.500 bits per heavy atom. The highest BCUT2D eigenvalue weighted by atomic mass is 35.5. The molecule has 0 unspecified atom stereocenters. The molecule has 2 aromatic heterocycles. The number of anilines is 4. The van der Waals surface area contributed by atoms with E-state index in [0.29, 0.717) is 123 Å². The first-order chi connectivity index (χ1) is 34.9. The predicted octanol–water partition coefficient (Wildman–Crippen LogP) is 10.4. The van der Waals surface area contributed by atoms with Crippen molar-refractivity contribution in [3.8, 4) is 46.6 Å². The van der Waals surface area contributed by atoms with Gasteiger partial charge < -0.3 is 58.7 Å². The molecule has 2 N–H and O–H groups in total. The maximum Gasteiger partial charge on any atom is 0.163 e. The fourth-order valence-electron chi connectivity index (χ4n) is 8.30. The number of pyridine rings is 2. The van der Waals surface area contributed by atoms with Crippen molar-refractivity contribution in [1.82, 2.24) is 29.6 Å². The summed E-state index contributed by atoms with van der Waals surface area (Å²) >= 11 is 25.2. The minimum atomic E-state index is 0.357. The molecule has 2 saturated heterocycles. The molecular weight excluding hydrogens is 1000 g/mol. The van der Waals surface area contributed by atoms with Crippen molar-refractivity contribution in [2.45, 2.75) is 12.8 Å². The number of nitriles is 2. The third-order valence-electron chi connectivity index (χ3n) is 12.5. The Morgan fingerprint density at radius 2 is 0.875 bits per heavy atom. The Morgan fingerprint density at radius 3 is 1.22 bits per heavy atom. The van der Waals surface area contributed by atoms with Crippen LogP contribution in [0.4, 0.5) is 22.7 Å². The maximum absolute atomic E-state index is 9.75. The predicted molar refractivity (Wildman–Crippen MR) is 287 cm³/mol. The van der Waals surface area contributed by atoms with Crippen molar-refractivity contribution in [2.75, 3.05) is 132 Å². The summed E-state index contributed by atoms with van der Waals surface area (Å²) in [5.41, 5.74) is 4.22. The van der Waals surface area contributed by atoms with Gasteiger partial charge in [0.2, 0.25) is 0 Å². The minimum absolute atomic E-state index is 0.357. The zero-order valence-corrected chi connectivity index (χ0v) is 44.2.